The van der Waals surface area contributed by atoms with Crippen molar-refractivity contribution in [2.75, 3.05) is 0 Å². The second kappa shape index (κ2) is 7.03. The normalized spacial score (nSPS) is 11.0. The van der Waals surface area contributed by atoms with E-state index in [4.69, 9.17) is 9.72 Å². The number of hydrogen-bond donors (Lipinski definition) is 0. The third kappa shape index (κ3) is 3.00. The van der Waals surface area contributed by atoms with Crippen molar-refractivity contribution in [3.8, 4) is 34.3 Å². The van der Waals surface area contributed by atoms with Crippen LogP contribution in [0, 0.1) is 5.21 Å². The van der Waals surface area contributed by atoms with E-state index < -0.39 is 0 Å². The molecule has 0 amide bonds. The molecule has 0 saturated carbocycles. The number of aromatic nitrogens is 3. The first-order valence-electron chi connectivity index (χ1n) is 8.53. The first kappa shape index (κ1) is 16.9. The highest BCUT2D eigenvalue weighted by Gasteiger charge is 2.20. The number of benzene rings is 1. The second-order valence-corrected chi connectivity index (χ2v) is 7.66. The summed E-state index contributed by atoms with van der Waals surface area (Å²) in [5, 5.41) is 18.9. The Bertz CT molecular complexity index is 1250. The smallest absolute Gasteiger partial charge is 0.386 e. The summed E-state index contributed by atoms with van der Waals surface area (Å²) < 4.78 is 6.68. The minimum atomic E-state index is 0.170. The molecule has 0 fully saturated rings. The number of rotatable bonds is 4. The standard InChI is InChI=1S/C21H13N3O2S2/c25-24-10-5-4-8-17(24)26-20-18-16(14-6-2-1-3-7-14)13-28-21(18)23-19(22-20)15-9-11-27-12-15/h1-13H. The van der Waals surface area contributed by atoms with Gasteiger partial charge in [0.25, 0.3) is 0 Å². The molecule has 136 valence electrons. The molecule has 0 aliphatic heterocycles. The van der Waals surface area contributed by atoms with E-state index in [1.54, 1.807) is 29.5 Å². The van der Waals surface area contributed by atoms with Crippen LogP contribution >= 0.6 is 22.7 Å². The van der Waals surface area contributed by atoms with Crippen molar-refractivity contribution < 1.29 is 9.47 Å². The van der Waals surface area contributed by atoms with Gasteiger partial charge in [0.15, 0.2) is 12.0 Å². The van der Waals surface area contributed by atoms with Crippen molar-refractivity contribution in [1.29, 1.82) is 0 Å². The highest BCUT2D eigenvalue weighted by atomic mass is 32.1. The monoisotopic (exact) mass is 403 g/mol. The Kier molecular flexibility index (Phi) is 4.23. The fourth-order valence-electron chi connectivity index (χ4n) is 2.93. The summed E-state index contributed by atoms with van der Waals surface area (Å²) in [6.07, 6.45) is 1.40. The zero-order valence-corrected chi connectivity index (χ0v) is 16.1. The van der Waals surface area contributed by atoms with Gasteiger partial charge in [-0.3, -0.25) is 0 Å². The molecule has 0 saturated heterocycles. The van der Waals surface area contributed by atoms with Crippen LogP contribution in [0.5, 0.6) is 11.8 Å². The molecule has 0 atom stereocenters. The van der Waals surface area contributed by atoms with E-state index in [-0.39, 0.29) is 5.88 Å². The van der Waals surface area contributed by atoms with Crippen molar-refractivity contribution >= 4 is 32.9 Å². The van der Waals surface area contributed by atoms with E-state index in [2.05, 4.69) is 10.4 Å². The SMILES string of the molecule is [O-][n+]1ccccc1Oc1nc(-c2ccsc2)nc2scc(-c3ccccc3)c12. The average Bonchev–Trinajstić information content (AvgIpc) is 3.40. The van der Waals surface area contributed by atoms with Gasteiger partial charge in [-0.15, -0.1) is 16.1 Å². The molecule has 7 heteroatoms. The topological polar surface area (TPSA) is 62.0 Å². The minimum absolute atomic E-state index is 0.170. The fourth-order valence-corrected chi connectivity index (χ4v) is 4.50. The second-order valence-electron chi connectivity index (χ2n) is 6.03. The quantitative estimate of drug-likeness (QED) is 0.293. The van der Waals surface area contributed by atoms with Crippen LogP contribution in [0.3, 0.4) is 0 Å². The van der Waals surface area contributed by atoms with Crippen LogP contribution in [-0.4, -0.2) is 9.97 Å². The van der Waals surface area contributed by atoms with Gasteiger partial charge in [0.1, 0.15) is 4.83 Å². The molecule has 0 radical (unpaired) electrons. The maximum atomic E-state index is 12.1. The van der Waals surface area contributed by atoms with Crippen molar-refractivity contribution in [1.82, 2.24) is 9.97 Å². The lowest BCUT2D eigenvalue weighted by molar-refractivity contribution is -0.611. The summed E-state index contributed by atoms with van der Waals surface area (Å²) >= 11 is 3.12. The van der Waals surface area contributed by atoms with E-state index in [1.165, 1.54) is 17.5 Å². The zero-order valence-electron chi connectivity index (χ0n) is 14.5. The molecular formula is C21H13N3O2S2. The van der Waals surface area contributed by atoms with Gasteiger partial charge >= 0.3 is 5.88 Å². The minimum Gasteiger partial charge on any atom is -0.616 e. The number of fused-ring (bicyclic) bond motifs is 1. The van der Waals surface area contributed by atoms with Gasteiger partial charge in [0.05, 0.1) is 11.5 Å². The molecular weight excluding hydrogens is 390 g/mol. The molecule has 0 aliphatic rings. The van der Waals surface area contributed by atoms with Crippen molar-refractivity contribution in [2.24, 2.45) is 0 Å². The van der Waals surface area contributed by atoms with Crippen LogP contribution in [0.4, 0.5) is 0 Å². The van der Waals surface area contributed by atoms with E-state index in [0.717, 1.165) is 26.9 Å². The van der Waals surface area contributed by atoms with Crippen LogP contribution in [0.25, 0.3) is 32.7 Å². The van der Waals surface area contributed by atoms with Gasteiger partial charge in [-0.25, -0.2) is 4.98 Å². The first-order valence-corrected chi connectivity index (χ1v) is 10.3. The molecule has 0 unspecified atom stereocenters. The molecule has 0 aliphatic carbocycles. The van der Waals surface area contributed by atoms with Crippen LogP contribution in [0.1, 0.15) is 0 Å². The predicted octanol–water partition coefficient (Wildman–Crippen LogP) is 5.51. The molecule has 0 spiro atoms. The Balaban J connectivity index is 1.74. The lowest BCUT2D eigenvalue weighted by Gasteiger charge is -2.09. The Labute approximate surface area is 168 Å². The van der Waals surface area contributed by atoms with Gasteiger partial charge in [-0.2, -0.15) is 16.3 Å². The third-order valence-corrected chi connectivity index (χ3v) is 5.81. The van der Waals surface area contributed by atoms with E-state index >= 15 is 0 Å². The highest BCUT2D eigenvalue weighted by molar-refractivity contribution is 7.17. The van der Waals surface area contributed by atoms with Crippen LogP contribution in [0.15, 0.2) is 76.9 Å². The summed E-state index contributed by atoms with van der Waals surface area (Å²) in [6.45, 7) is 0. The van der Waals surface area contributed by atoms with E-state index in [9.17, 15) is 5.21 Å². The summed E-state index contributed by atoms with van der Waals surface area (Å²) in [4.78, 5) is 10.2. The Hall–Kier alpha value is -3.29. The Morgan fingerprint density at radius 3 is 2.54 bits per heavy atom. The maximum absolute atomic E-state index is 12.1. The lowest BCUT2D eigenvalue weighted by Crippen LogP contribution is -2.27. The highest BCUT2D eigenvalue weighted by Crippen LogP contribution is 2.40. The summed E-state index contributed by atoms with van der Waals surface area (Å²) in [6, 6.07) is 17.0. The molecule has 0 N–H and O–H groups in total. The van der Waals surface area contributed by atoms with Crippen LogP contribution in [0.2, 0.25) is 0 Å². The number of hydrogen-bond acceptors (Lipinski definition) is 6. The van der Waals surface area contributed by atoms with Crippen molar-refractivity contribution in [3.05, 3.63) is 82.1 Å². The molecule has 5 rings (SSSR count). The largest absolute Gasteiger partial charge is 0.616 e. The molecule has 4 aromatic heterocycles. The third-order valence-electron chi connectivity index (χ3n) is 4.25. The van der Waals surface area contributed by atoms with Crippen molar-refractivity contribution in [3.63, 3.8) is 0 Å². The maximum Gasteiger partial charge on any atom is 0.386 e. The molecule has 28 heavy (non-hydrogen) atoms. The van der Waals surface area contributed by atoms with Gasteiger partial charge in [-0.05, 0) is 23.1 Å². The molecule has 5 aromatic rings. The van der Waals surface area contributed by atoms with Crippen LogP contribution in [-0.2, 0) is 0 Å². The zero-order chi connectivity index (χ0) is 18.9. The number of thiophene rings is 2. The fraction of sp³-hybridized carbons (Fsp3) is 0. The Morgan fingerprint density at radius 2 is 1.75 bits per heavy atom. The predicted molar refractivity (Wildman–Crippen MR) is 112 cm³/mol. The molecule has 1 aromatic carbocycles. The molecule has 0 bridgehead atoms. The summed E-state index contributed by atoms with van der Waals surface area (Å²) in [5.74, 6) is 1.13. The van der Waals surface area contributed by atoms with Crippen LogP contribution < -0.4 is 9.47 Å². The number of nitrogens with zero attached hydrogens (tertiary/aromatic N) is 3. The van der Waals surface area contributed by atoms with Gasteiger partial charge in [0, 0.05) is 28.0 Å². The summed E-state index contributed by atoms with van der Waals surface area (Å²) in [7, 11) is 0. The Morgan fingerprint density at radius 1 is 0.893 bits per heavy atom. The summed E-state index contributed by atoms with van der Waals surface area (Å²) in [5.41, 5.74) is 2.96. The molecule has 5 nitrogen and oxygen atoms in total. The van der Waals surface area contributed by atoms with Gasteiger partial charge < -0.3 is 9.94 Å². The van der Waals surface area contributed by atoms with Crippen molar-refractivity contribution in [2.45, 2.75) is 0 Å². The number of pyridine rings is 1. The lowest BCUT2D eigenvalue weighted by atomic mass is 10.1. The van der Waals surface area contributed by atoms with E-state index in [0.29, 0.717) is 16.4 Å². The van der Waals surface area contributed by atoms with E-state index in [1.807, 2.05) is 47.2 Å². The first-order chi connectivity index (χ1) is 13.8. The average molecular weight is 403 g/mol. The molecule has 4 heterocycles. The van der Waals surface area contributed by atoms with Gasteiger partial charge in [0.2, 0.25) is 5.88 Å². The van der Waals surface area contributed by atoms with Gasteiger partial charge in [-0.1, -0.05) is 30.3 Å². The number of ether oxygens (including phenoxy) is 1.